The molecule has 6 nitrogen and oxygen atoms in total. The van der Waals surface area contributed by atoms with Crippen molar-refractivity contribution in [1.29, 1.82) is 0 Å². The van der Waals surface area contributed by atoms with E-state index < -0.39 is 0 Å². The van der Waals surface area contributed by atoms with E-state index in [1.807, 2.05) is 31.2 Å². The first-order valence-corrected chi connectivity index (χ1v) is 12.8. The summed E-state index contributed by atoms with van der Waals surface area (Å²) in [4.78, 5) is 14.9. The molecule has 1 amide bonds. The summed E-state index contributed by atoms with van der Waals surface area (Å²) in [6.07, 6.45) is 6.41. The van der Waals surface area contributed by atoms with Crippen molar-refractivity contribution in [2.24, 2.45) is 17.6 Å². The van der Waals surface area contributed by atoms with Gasteiger partial charge in [0, 0.05) is 30.6 Å². The number of nitrogens with one attached hydrogen (secondary N) is 1. The van der Waals surface area contributed by atoms with Gasteiger partial charge in [0.05, 0.1) is 19.2 Å². The van der Waals surface area contributed by atoms with E-state index in [-0.39, 0.29) is 30.0 Å². The number of carbonyl (C=O) groups is 1. The molecule has 182 valence electrons. The molecule has 3 aliphatic rings. The Morgan fingerprint density at radius 3 is 2.44 bits per heavy atom. The quantitative estimate of drug-likeness (QED) is 0.575. The van der Waals surface area contributed by atoms with Gasteiger partial charge in [-0.15, -0.1) is 0 Å². The number of nitrogens with two attached hydrogens (primary N) is 1. The fraction of sp³-hybridized carbons (Fsp3) is 0.536. The number of rotatable bonds is 9. The van der Waals surface area contributed by atoms with Crippen LogP contribution in [0.25, 0.3) is 0 Å². The molecule has 0 radical (unpaired) electrons. The molecule has 0 aromatic heterocycles. The topological polar surface area (TPSA) is 76.8 Å². The SMILES string of the molecule is C[C@H](NC(=O)C1CC[C@@H](N)C1)c1ccc(O[C@@H]2CCN(c3ccc(OCC4CC4)cc3)C2)cc1. The summed E-state index contributed by atoms with van der Waals surface area (Å²) < 4.78 is 12.1. The molecule has 1 heterocycles. The van der Waals surface area contributed by atoms with E-state index in [9.17, 15) is 4.79 Å². The Bertz CT molecular complexity index is 958. The van der Waals surface area contributed by atoms with Gasteiger partial charge in [0.25, 0.3) is 0 Å². The normalized spacial score (nSPS) is 25.2. The van der Waals surface area contributed by atoms with Gasteiger partial charge < -0.3 is 25.4 Å². The molecule has 34 heavy (non-hydrogen) atoms. The summed E-state index contributed by atoms with van der Waals surface area (Å²) in [5.74, 6) is 2.77. The van der Waals surface area contributed by atoms with Gasteiger partial charge in [-0.25, -0.2) is 0 Å². The van der Waals surface area contributed by atoms with Gasteiger partial charge in [-0.05, 0) is 86.9 Å². The van der Waals surface area contributed by atoms with Crippen LogP contribution in [-0.2, 0) is 4.79 Å². The first-order chi connectivity index (χ1) is 16.5. The Labute approximate surface area is 202 Å². The lowest BCUT2D eigenvalue weighted by molar-refractivity contribution is -0.125. The van der Waals surface area contributed by atoms with E-state index in [2.05, 4.69) is 34.5 Å². The molecule has 0 spiro atoms. The van der Waals surface area contributed by atoms with E-state index in [0.717, 1.165) is 68.4 Å². The van der Waals surface area contributed by atoms with E-state index in [1.165, 1.54) is 18.5 Å². The molecule has 5 rings (SSSR count). The van der Waals surface area contributed by atoms with Crippen LogP contribution in [0.3, 0.4) is 0 Å². The lowest BCUT2D eigenvalue weighted by Crippen LogP contribution is -2.32. The summed E-state index contributed by atoms with van der Waals surface area (Å²) in [7, 11) is 0. The molecule has 6 heteroatoms. The lowest BCUT2D eigenvalue weighted by Gasteiger charge is -2.20. The van der Waals surface area contributed by atoms with Gasteiger partial charge in [0.15, 0.2) is 0 Å². The molecule has 4 atom stereocenters. The van der Waals surface area contributed by atoms with Crippen LogP contribution >= 0.6 is 0 Å². The van der Waals surface area contributed by atoms with Gasteiger partial charge >= 0.3 is 0 Å². The number of hydrogen-bond acceptors (Lipinski definition) is 5. The molecule has 1 unspecified atom stereocenters. The predicted molar refractivity (Wildman–Crippen MR) is 134 cm³/mol. The average Bonchev–Trinajstić information content (AvgIpc) is 3.39. The molecule has 3 fully saturated rings. The number of hydrogen-bond donors (Lipinski definition) is 2. The van der Waals surface area contributed by atoms with Crippen molar-refractivity contribution in [2.75, 3.05) is 24.6 Å². The number of carbonyl (C=O) groups excluding carboxylic acids is 1. The molecule has 2 aromatic carbocycles. The Balaban J connectivity index is 1.09. The molecule has 0 bridgehead atoms. The third kappa shape index (κ3) is 5.84. The summed E-state index contributed by atoms with van der Waals surface area (Å²) >= 11 is 0. The van der Waals surface area contributed by atoms with Crippen molar-refractivity contribution >= 4 is 11.6 Å². The number of anilines is 1. The molecular weight excluding hydrogens is 426 g/mol. The Morgan fingerprint density at radius 2 is 1.76 bits per heavy atom. The van der Waals surface area contributed by atoms with Gasteiger partial charge in [-0.2, -0.15) is 0 Å². The first kappa shape index (κ1) is 23.0. The summed E-state index contributed by atoms with van der Waals surface area (Å²) in [5, 5.41) is 3.14. The van der Waals surface area contributed by atoms with Crippen LogP contribution in [0, 0.1) is 11.8 Å². The molecule has 1 saturated heterocycles. The second-order valence-electron chi connectivity index (χ2n) is 10.3. The van der Waals surface area contributed by atoms with Gasteiger partial charge in [0.2, 0.25) is 5.91 Å². The van der Waals surface area contributed by atoms with Crippen molar-refractivity contribution in [3.63, 3.8) is 0 Å². The molecule has 1 aliphatic heterocycles. The average molecular weight is 464 g/mol. The van der Waals surface area contributed by atoms with Crippen LogP contribution in [0.15, 0.2) is 48.5 Å². The highest BCUT2D eigenvalue weighted by atomic mass is 16.5. The highest BCUT2D eigenvalue weighted by Gasteiger charge is 2.29. The summed E-state index contributed by atoms with van der Waals surface area (Å²) in [6.45, 7) is 4.73. The lowest BCUT2D eigenvalue weighted by atomic mass is 10.0. The second-order valence-corrected chi connectivity index (χ2v) is 10.3. The van der Waals surface area contributed by atoms with Crippen LogP contribution in [-0.4, -0.2) is 37.7 Å². The largest absolute Gasteiger partial charge is 0.493 e. The smallest absolute Gasteiger partial charge is 0.223 e. The standard InChI is InChI=1S/C28H37N3O3/c1-19(30-28(32)22-4-7-23(29)16-22)21-5-10-26(11-6-21)34-27-14-15-31(17-27)24-8-12-25(13-9-24)33-18-20-2-3-20/h5-6,8-13,19-20,22-23,27H,2-4,7,14-18,29H2,1H3,(H,30,32)/t19-,22?,23+,27+/m0/s1. The number of amides is 1. The van der Waals surface area contributed by atoms with Crippen molar-refractivity contribution in [2.45, 2.75) is 63.6 Å². The minimum atomic E-state index is -0.0310. The summed E-state index contributed by atoms with van der Waals surface area (Å²) in [5.41, 5.74) is 8.26. The monoisotopic (exact) mass is 463 g/mol. The Kier molecular flexibility index (Phi) is 6.95. The minimum Gasteiger partial charge on any atom is -0.493 e. The highest BCUT2D eigenvalue weighted by Crippen LogP contribution is 2.31. The van der Waals surface area contributed by atoms with Crippen LogP contribution in [0.5, 0.6) is 11.5 Å². The van der Waals surface area contributed by atoms with Crippen molar-refractivity contribution in [1.82, 2.24) is 5.32 Å². The van der Waals surface area contributed by atoms with Crippen molar-refractivity contribution in [3.8, 4) is 11.5 Å². The number of ether oxygens (including phenoxy) is 2. The minimum absolute atomic E-state index is 0.0310. The number of nitrogens with zero attached hydrogens (tertiary/aromatic N) is 1. The zero-order valence-electron chi connectivity index (χ0n) is 20.1. The van der Waals surface area contributed by atoms with Crippen molar-refractivity contribution in [3.05, 3.63) is 54.1 Å². The first-order valence-electron chi connectivity index (χ1n) is 12.8. The van der Waals surface area contributed by atoms with E-state index in [1.54, 1.807) is 0 Å². The van der Waals surface area contributed by atoms with Crippen molar-refractivity contribution < 1.29 is 14.3 Å². The summed E-state index contributed by atoms with van der Waals surface area (Å²) in [6, 6.07) is 16.7. The molecule has 2 aliphatic carbocycles. The van der Waals surface area contributed by atoms with E-state index in [4.69, 9.17) is 15.2 Å². The maximum absolute atomic E-state index is 12.5. The maximum Gasteiger partial charge on any atom is 0.223 e. The van der Waals surface area contributed by atoms with Crippen LogP contribution in [0.1, 0.15) is 57.1 Å². The predicted octanol–water partition coefficient (Wildman–Crippen LogP) is 4.44. The van der Waals surface area contributed by atoms with Crippen LogP contribution < -0.4 is 25.4 Å². The fourth-order valence-corrected chi connectivity index (χ4v) is 5.01. The zero-order chi connectivity index (χ0) is 23.5. The molecule has 3 N–H and O–H groups in total. The molecule has 2 aromatic rings. The van der Waals surface area contributed by atoms with E-state index >= 15 is 0 Å². The van der Waals surface area contributed by atoms with Crippen LogP contribution in [0.2, 0.25) is 0 Å². The highest BCUT2D eigenvalue weighted by molar-refractivity contribution is 5.79. The van der Waals surface area contributed by atoms with Crippen LogP contribution in [0.4, 0.5) is 5.69 Å². The zero-order valence-corrected chi connectivity index (χ0v) is 20.1. The van der Waals surface area contributed by atoms with Gasteiger partial charge in [-0.3, -0.25) is 4.79 Å². The fourth-order valence-electron chi connectivity index (χ4n) is 5.01. The third-order valence-electron chi connectivity index (χ3n) is 7.42. The van der Waals surface area contributed by atoms with Gasteiger partial charge in [0.1, 0.15) is 17.6 Å². The van der Waals surface area contributed by atoms with E-state index in [0.29, 0.717) is 0 Å². The van der Waals surface area contributed by atoms with Gasteiger partial charge in [-0.1, -0.05) is 12.1 Å². The third-order valence-corrected chi connectivity index (χ3v) is 7.42. The number of benzene rings is 2. The maximum atomic E-state index is 12.5. The second kappa shape index (κ2) is 10.3. The molecule has 2 saturated carbocycles. The Hall–Kier alpha value is -2.73. The molecular formula is C28H37N3O3. The Morgan fingerprint density at radius 1 is 1.03 bits per heavy atom.